The van der Waals surface area contributed by atoms with Gasteiger partial charge in [-0.05, 0) is 46.4 Å². The Morgan fingerprint density at radius 1 is 1.00 bits per heavy atom. The minimum Gasteiger partial charge on any atom is -0.397 e. The maximum atomic E-state index is 5.93. The molecule has 2 N–H and O–H groups in total. The van der Waals surface area contributed by atoms with Gasteiger partial charge in [0.15, 0.2) is 11.0 Å². The molecule has 0 fully saturated rings. The molecule has 3 aromatic rings. The molecule has 5 nitrogen and oxygen atoms in total. The topological polar surface area (TPSA) is 68.2 Å². The minimum atomic E-state index is 0.602. The van der Waals surface area contributed by atoms with E-state index in [1.165, 1.54) is 11.1 Å². The molecule has 1 aromatic heterocycles. The van der Waals surface area contributed by atoms with Crippen molar-refractivity contribution in [2.75, 3.05) is 17.2 Å². The lowest BCUT2D eigenvalue weighted by molar-refractivity contribution is 0.315. The number of fused-ring (bicyclic) bond motifs is 2. The van der Waals surface area contributed by atoms with Gasteiger partial charge >= 0.3 is 0 Å². The highest BCUT2D eigenvalue weighted by Crippen LogP contribution is 2.31. The second-order valence-corrected chi connectivity index (χ2v) is 5.43. The fourth-order valence-corrected chi connectivity index (χ4v) is 3.03. The average molecular weight is 280 g/mol. The third kappa shape index (κ3) is 2.01. The number of hydrogen-bond donors (Lipinski definition) is 1. The number of nitrogens with two attached hydrogens (primary N) is 1. The molecule has 0 aliphatic carbocycles. The van der Waals surface area contributed by atoms with E-state index in [4.69, 9.17) is 10.4 Å². The molecule has 0 bridgehead atoms. The fraction of sp³-hybridized carbons (Fsp3) is 0.250. The van der Waals surface area contributed by atoms with Crippen LogP contribution in [-0.2, 0) is 13.0 Å². The van der Waals surface area contributed by atoms with Gasteiger partial charge < -0.3 is 10.6 Å². The first-order valence-corrected chi connectivity index (χ1v) is 7.15. The number of nitrogens with zero attached hydrogens (tertiary/aromatic N) is 3. The fourth-order valence-electron chi connectivity index (χ4n) is 3.03. The molecular weight excluding hydrogens is 264 g/mol. The molecule has 0 atom stereocenters. The average Bonchev–Trinajstić information content (AvgIpc) is 2.89. The highest BCUT2D eigenvalue weighted by atomic mass is 16.6. The third-order valence-electron chi connectivity index (χ3n) is 4.12. The number of hydrogen-bond acceptors (Lipinski definition) is 5. The molecule has 1 aliphatic rings. The van der Waals surface area contributed by atoms with Gasteiger partial charge in [0.25, 0.3) is 0 Å². The number of aromatic nitrogens is 2. The van der Waals surface area contributed by atoms with Crippen LogP contribution in [0.5, 0.6) is 0 Å². The smallest absolute Gasteiger partial charge is 0.160 e. The predicted octanol–water partition coefficient (Wildman–Crippen LogP) is 2.76. The van der Waals surface area contributed by atoms with E-state index in [1.807, 2.05) is 12.1 Å². The first-order chi connectivity index (χ1) is 10.3. The molecule has 1 aliphatic heterocycles. The Balaban J connectivity index is 1.79. The molecule has 0 spiro atoms. The molecule has 0 amide bonds. The third-order valence-corrected chi connectivity index (χ3v) is 4.12. The number of nitrogen functional groups attached to an aromatic ring is 1. The van der Waals surface area contributed by atoms with Crippen molar-refractivity contribution in [2.24, 2.45) is 0 Å². The van der Waals surface area contributed by atoms with Crippen LogP contribution in [0, 0.1) is 0 Å². The lowest BCUT2D eigenvalue weighted by Gasteiger charge is -2.23. The number of anilines is 2. The van der Waals surface area contributed by atoms with Crippen molar-refractivity contribution in [3.63, 3.8) is 0 Å². The maximum Gasteiger partial charge on any atom is 0.160 e. The minimum absolute atomic E-state index is 0.602. The van der Waals surface area contributed by atoms with Crippen molar-refractivity contribution in [1.29, 1.82) is 0 Å². The highest BCUT2D eigenvalue weighted by Gasteiger charge is 2.19. The molecule has 4 rings (SSSR count). The van der Waals surface area contributed by atoms with E-state index in [0.29, 0.717) is 11.2 Å². The van der Waals surface area contributed by atoms with Crippen LogP contribution in [-0.4, -0.2) is 16.9 Å². The highest BCUT2D eigenvalue weighted by molar-refractivity contribution is 5.95. The summed E-state index contributed by atoms with van der Waals surface area (Å²) in [5.41, 5.74) is 11.8. The Morgan fingerprint density at radius 3 is 2.71 bits per heavy atom. The van der Waals surface area contributed by atoms with E-state index >= 15 is 0 Å². The van der Waals surface area contributed by atoms with Crippen LogP contribution < -0.4 is 10.6 Å². The summed E-state index contributed by atoms with van der Waals surface area (Å²) in [5.74, 6) is 0. The van der Waals surface area contributed by atoms with Crippen LogP contribution in [0.1, 0.15) is 17.5 Å². The zero-order chi connectivity index (χ0) is 14.2. The van der Waals surface area contributed by atoms with Gasteiger partial charge in [-0.2, -0.15) is 0 Å². The van der Waals surface area contributed by atoms with Crippen molar-refractivity contribution >= 4 is 22.4 Å². The number of benzene rings is 2. The maximum absolute atomic E-state index is 5.93. The molecule has 2 aromatic carbocycles. The lowest BCUT2D eigenvalue weighted by Crippen LogP contribution is -2.22. The molecule has 2 heterocycles. The summed E-state index contributed by atoms with van der Waals surface area (Å²) >= 11 is 0. The van der Waals surface area contributed by atoms with E-state index in [-0.39, 0.29) is 0 Å². The van der Waals surface area contributed by atoms with Crippen LogP contribution >= 0.6 is 0 Å². The molecule has 106 valence electrons. The van der Waals surface area contributed by atoms with E-state index in [0.717, 1.165) is 37.1 Å². The van der Waals surface area contributed by atoms with Crippen molar-refractivity contribution in [2.45, 2.75) is 19.4 Å². The van der Waals surface area contributed by atoms with Gasteiger partial charge in [0.2, 0.25) is 0 Å². The van der Waals surface area contributed by atoms with Crippen LogP contribution in [0.15, 0.2) is 41.0 Å². The van der Waals surface area contributed by atoms with Gasteiger partial charge in [-0.15, -0.1) is 0 Å². The first-order valence-electron chi connectivity index (χ1n) is 7.15. The second kappa shape index (κ2) is 4.77. The van der Waals surface area contributed by atoms with Gasteiger partial charge in [-0.1, -0.05) is 24.3 Å². The Hall–Kier alpha value is -2.56. The van der Waals surface area contributed by atoms with Gasteiger partial charge in [0, 0.05) is 13.1 Å². The largest absolute Gasteiger partial charge is 0.397 e. The van der Waals surface area contributed by atoms with Gasteiger partial charge in [-0.3, -0.25) is 0 Å². The normalized spacial score (nSPS) is 15.0. The quantitative estimate of drug-likeness (QED) is 0.694. The number of rotatable bonds is 1. The SMILES string of the molecule is Nc1ccc(N2CCCc3ccccc3C2)c2nonc12. The molecule has 5 heteroatoms. The van der Waals surface area contributed by atoms with E-state index in [2.05, 4.69) is 39.5 Å². The summed E-state index contributed by atoms with van der Waals surface area (Å²) in [6.45, 7) is 1.86. The monoisotopic (exact) mass is 280 g/mol. The Bertz CT molecular complexity index is 796. The summed E-state index contributed by atoms with van der Waals surface area (Å²) in [5, 5.41) is 7.94. The molecular formula is C16H16N4O. The first kappa shape index (κ1) is 12.2. The van der Waals surface area contributed by atoms with Gasteiger partial charge in [-0.25, -0.2) is 4.63 Å². The number of aryl methyl sites for hydroxylation is 1. The summed E-state index contributed by atoms with van der Waals surface area (Å²) in [6, 6.07) is 12.5. The summed E-state index contributed by atoms with van der Waals surface area (Å²) in [4.78, 5) is 2.33. The Kier molecular flexibility index (Phi) is 2.77. The van der Waals surface area contributed by atoms with Crippen molar-refractivity contribution < 1.29 is 4.63 Å². The lowest BCUT2D eigenvalue weighted by atomic mass is 10.0. The van der Waals surface area contributed by atoms with Crippen molar-refractivity contribution in [3.05, 3.63) is 47.5 Å². The van der Waals surface area contributed by atoms with Crippen LogP contribution in [0.2, 0.25) is 0 Å². The van der Waals surface area contributed by atoms with E-state index in [1.54, 1.807) is 0 Å². The Morgan fingerprint density at radius 2 is 1.81 bits per heavy atom. The summed E-state index contributed by atoms with van der Waals surface area (Å²) in [7, 11) is 0. The summed E-state index contributed by atoms with van der Waals surface area (Å²) < 4.78 is 4.87. The zero-order valence-electron chi connectivity index (χ0n) is 11.6. The van der Waals surface area contributed by atoms with Crippen molar-refractivity contribution in [1.82, 2.24) is 10.3 Å². The molecule has 21 heavy (non-hydrogen) atoms. The summed E-state index contributed by atoms with van der Waals surface area (Å²) in [6.07, 6.45) is 2.23. The Labute approximate surface area is 122 Å². The van der Waals surface area contributed by atoms with Crippen LogP contribution in [0.4, 0.5) is 11.4 Å². The second-order valence-electron chi connectivity index (χ2n) is 5.43. The molecule has 0 unspecified atom stereocenters. The van der Waals surface area contributed by atoms with Crippen molar-refractivity contribution in [3.8, 4) is 0 Å². The predicted molar refractivity (Wildman–Crippen MR) is 82.0 cm³/mol. The molecule has 0 radical (unpaired) electrons. The molecule has 0 saturated heterocycles. The standard InChI is InChI=1S/C16H16N4O/c17-13-7-8-14(16-15(13)18-21-19-16)20-9-3-6-11-4-1-2-5-12(11)10-20/h1-2,4-5,7-8H,3,6,9-10,17H2. The van der Waals surface area contributed by atoms with E-state index in [9.17, 15) is 0 Å². The van der Waals surface area contributed by atoms with Gasteiger partial charge in [0.05, 0.1) is 11.4 Å². The van der Waals surface area contributed by atoms with E-state index < -0.39 is 0 Å². The van der Waals surface area contributed by atoms with Crippen LogP contribution in [0.3, 0.4) is 0 Å². The van der Waals surface area contributed by atoms with Gasteiger partial charge in [0.1, 0.15) is 0 Å². The zero-order valence-corrected chi connectivity index (χ0v) is 11.6. The van der Waals surface area contributed by atoms with Crippen LogP contribution in [0.25, 0.3) is 11.0 Å². The molecule has 0 saturated carbocycles.